The predicted molar refractivity (Wildman–Crippen MR) is 66.9 cm³/mol. The lowest BCUT2D eigenvalue weighted by atomic mass is 9.99. The Hall–Kier alpha value is -1.26. The van der Waals surface area contributed by atoms with Crippen molar-refractivity contribution in [3.05, 3.63) is 0 Å². The second kappa shape index (κ2) is 7.14. The molecule has 0 aliphatic carbocycles. The molecule has 0 radical (unpaired) electrons. The second-order valence-electron chi connectivity index (χ2n) is 5.04. The summed E-state index contributed by atoms with van der Waals surface area (Å²) in [5, 5.41) is 14.2. The molecule has 0 fully saturated rings. The Morgan fingerprint density at radius 3 is 2.41 bits per heavy atom. The van der Waals surface area contributed by atoms with Gasteiger partial charge in [0.1, 0.15) is 0 Å². The van der Waals surface area contributed by atoms with Crippen LogP contribution < -0.4 is 10.6 Å². The Morgan fingerprint density at radius 2 is 1.94 bits per heavy atom. The van der Waals surface area contributed by atoms with Gasteiger partial charge in [0, 0.05) is 12.1 Å². The minimum atomic E-state index is -0.835. The number of rotatable bonds is 7. The zero-order valence-electron chi connectivity index (χ0n) is 11.2. The summed E-state index contributed by atoms with van der Waals surface area (Å²) in [5.41, 5.74) is -0.225. The SMILES string of the molecule is CCCC(C)(C)NC(=O)NCCC(C)C(=O)O. The third-order valence-electron chi connectivity index (χ3n) is 2.61. The molecule has 0 aromatic heterocycles. The van der Waals surface area contributed by atoms with Crippen molar-refractivity contribution in [2.45, 2.75) is 52.5 Å². The highest BCUT2D eigenvalue weighted by atomic mass is 16.4. The first-order valence-corrected chi connectivity index (χ1v) is 6.07. The van der Waals surface area contributed by atoms with Crippen LogP contribution in [-0.4, -0.2) is 29.2 Å². The van der Waals surface area contributed by atoms with E-state index < -0.39 is 11.9 Å². The van der Waals surface area contributed by atoms with Crippen molar-refractivity contribution >= 4 is 12.0 Å². The molecule has 100 valence electrons. The van der Waals surface area contributed by atoms with Gasteiger partial charge in [-0.3, -0.25) is 4.79 Å². The summed E-state index contributed by atoms with van der Waals surface area (Å²) in [6.07, 6.45) is 2.35. The standard InChI is InChI=1S/C12H24N2O3/c1-5-7-12(3,4)14-11(17)13-8-6-9(2)10(15)16/h9H,5-8H2,1-4H3,(H,15,16)(H2,13,14,17). The zero-order chi connectivity index (χ0) is 13.5. The Labute approximate surface area is 103 Å². The molecule has 0 aliphatic heterocycles. The molecular formula is C12H24N2O3. The summed E-state index contributed by atoms with van der Waals surface area (Å²) < 4.78 is 0. The molecule has 3 N–H and O–H groups in total. The molecule has 0 aliphatic rings. The molecule has 0 bridgehead atoms. The molecule has 0 saturated heterocycles. The van der Waals surface area contributed by atoms with Crippen LogP contribution in [0.5, 0.6) is 0 Å². The van der Waals surface area contributed by atoms with Crippen molar-refractivity contribution in [3.63, 3.8) is 0 Å². The zero-order valence-corrected chi connectivity index (χ0v) is 11.2. The van der Waals surface area contributed by atoms with Crippen LogP contribution in [-0.2, 0) is 4.79 Å². The van der Waals surface area contributed by atoms with Crippen LogP contribution in [0.2, 0.25) is 0 Å². The highest BCUT2D eigenvalue weighted by Gasteiger charge is 2.19. The molecule has 0 saturated carbocycles. The van der Waals surface area contributed by atoms with E-state index in [1.54, 1.807) is 6.92 Å². The summed E-state index contributed by atoms with van der Waals surface area (Å²) in [6.45, 7) is 8.01. The number of carbonyl (C=O) groups excluding carboxylic acids is 1. The van der Waals surface area contributed by atoms with Crippen LogP contribution in [0.1, 0.15) is 47.0 Å². The van der Waals surface area contributed by atoms with Gasteiger partial charge >= 0.3 is 12.0 Å². The normalized spacial score (nSPS) is 12.9. The molecule has 2 amide bonds. The van der Waals surface area contributed by atoms with Gasteiger partial charge in [-0.25, -0.2) is 4.79 Å². The molecule has 0 rings (SSSR count). The summed E-state index contributed by atoms with van der Waals surface area (Å²) in [7, 11) is 0. The van der Waals surface area contributed by atoms with E-state index in [-0.39, 0.29) is 11.6 Å². The number of amides is 2. The topological polar surface area (TPSA) is 78.4 Å². The van der Waals surface area contributed by atoms with Crippen molar-refractivity contribution in [3.8, 4) is 0 Å². The fourth-order valence-electron chi connectivity index (χ4n) is 1.56. The van der Waals surface area contributed by atoms with Gasteiger partial charge in [0.15, 0.2) is 0 Å². The molecular weight excluding hydrogens is 220 g/mol. The second-order valence-corrected chi connectivity index (χ2v) is 5.04. The van der Waals surface area contributed by atoms with Crippen LogP contribution >= 0.6 is 0 Å². The third kappa shape index (κ3) is 7.60. The number of nitrogens with one attached hydrogen (secondary N) is 2. The van der Waals surface area contributed by atoms with E-state index >= 15 is 0 Å². The van der Waals surface area contributed by atoms with Gasteiger partial charge in [-0.05, 0) is 26.7 Å². The van der Waals surface area contributed by atoms with Gasteiger partial charge < -0.3 is 15.7 Å². The lowest BCUT2D eigenvalue weighted by Crippen LogP contribution is -2.48. The molecule has 5 nitrogen and oxygen atoms in total. The molecule has 0 spiro atoms. The average Bonchev–Trinajstić information content (AvgIpc) is 2.15. The Balaban J connectivity index is 3.84. The number of hydrogen-bond acceptors (Lipinski definition) is 2. The van der Waals surface area contributed by atoms with Gasteiger partial charge in [0.2, 0.25) is 0 Å². The molecule has 0 aromatic carbocycles. The van der Waals surface area contributed by atoms with Gasteiger partial charge in [-0.1, -0.05) is 20.3 Å². The van der Waals surface area contributed by atoms with Crippen molar-refractivity contribution in [2.75, 3.05) is 6.54 Å². The number of urea groups is 1. The number of carboxylic acids is 1. The Bertz CT molecular complexity index is 264. The van der Waals surface area contributed by atoms with Crippen molar-refractivity contribution in [1.82, 2.24) is 10.6 Å². The summed E-state index contributed by atoms with van der Waals surface area (Å²) in [4.78, 5) is 22.1. The van der Waals surface area contributed by atoms with E-state index in [1.165, 1.54) is 0 Å². The van der Waals surface area contributed by atoms with Crippen LogP contribution in [0, 0.1) is 5.92 Å². The van der Waals surface area contributed by atoms with Gasteiger partial charge in [0.05, 0.1) is 5.92 Å². The first kappa shape index (κ1) is 15.7. The van der Waals surface area contributed by atoms with Crippen molar-refractivity contribution < 1.29 is 14.7 Å². The summed E-state index contributed by atoms with van der Waals surface area (Å²) >= 11 is 0. The van der Waals surface area contributed by atoms with Crippen LogP contribution in [0.3, 0.4) is 0 Å². The number of hydrogen-bond donors (Lipinski definition) is 3. The van der Waals surface area contributed by atoms with Gasteiger partial charge in [-0.2, -0.15) is 0 Å². The third-order valence-corrected chi connectivity index (χ3v) is 2.61. The van der Waals surface area contributed by atoms with E-state index in [2.05, 4.69) is 17.6 Å². The summed E-state index contributed by atoms with van der Waals surface area (Å²) in [5.74, 6) is -1.27. The lowest BCUT2D eigenvalue weighted by Gasteiger charge is -2.25. The quantitative estimate of drug-likeness (QED) is 0.640. The molecule has 5 heteroatoms. The predicted octanol–water partition coefficient (Wildman–Crippen LogP) is 1.98. The Kier molecular flexibility index (Phi) is 6.61. The first-order valence-electron chi connectivity index (χ1n) is 6.07. The minimum Gasteiger partial charge on any atom is -0.481 e. The molecule has 0 heterocycles. The fourth-order valence-corrected chi connectivity index (χ4v) is 1.56. The maximum atomic E-state index is 11.5. The molecule has 17 heavy (non-hydrogen) atoms. The van der Waals surface area contributed by atoms with E-state index in [9.17, 15) is 9.59 Å². The van der Waals surface area contributed by atoms with E-state index in [0.29, 0.717) is 13.0 Å². The lowest BCUT2D eigenvalue weighted by molar-refractivity contribution is -0.141. The first-order chi connectivity index (χ1) is 7.78. The van der Waals surface area contributed by atoms with Crippen LogP contribution in [0.25, 0.3) is 0 Å². The average molecular weight is 244 g/mol. The number of carbonyl (C=O) groups is 2. The van der Waals surface area contributed by atoms with Gasteiger partial charge in [0.25, 0.3) is 0 Å². The maximum absolute atomic E-state index is 11.5. The van der Waals surface area contributed by atoms with Gasteiger partial charge in [-0.15, -0.1) is 0 Å². The van der Waals surface area contributed by atoms with Crippen molar-refractivity contribution in [2.24, 2.45) is 5.92 Å². The summed E-state index contributed by atoms with van der Waals surface area (Å²) in [6, 6.07) is -0.235. The van der Waals surface area contributed by atoms with Crippen LogP contribution in [0.15, 0.2) is 0 Å². The molecule has 0 aromatic rings. The van der Waals surface area contributed by atoms with E-state index in [4.69, 9.17) is 5.11 Å². The largest absolute Gasteiger partial charge is 0.481 e. The fraction of sp³-hybridized carbons (Fsp3) is 0.833. The smallest absolute Gasteiger partial charge is 0.315 e. The highest BCUT2D eigenvalue weighted by molar-refractivity contribution is 5.74. The monoisotopic (exact) mass is 244 g/mol. The molecule has 1 atom stereocenters. The maximum Gasteiger partial charge on any atom is 0.315 e. The minimum absolute atomic E-state index is 0.225. The van der Waals surface area contributed by atoms with E-state index in [0.717, 1.165) is 12.8 Å². The molecule has 1 unspecified atom stereocenters. The Morgan fingerprint density at radius 1 is 1.35 bits per heavy atom. The van der Waals surface area contributed by atoms with Crippen molar-refractivity contribution in [1.29, 1.82) is 0 Å². The number of aliphatic carboxylic acids is 1. The number of carboxylic acid groups (broad SMARTS) is 1. The van der Waals surface area contributed by atoms with Crippen LogP contribution in [0.4, 0.5) is 4.79 Å². The van der Waals surface area contributed by atoms with E-state index in [1.807, 2.05) is 13.8 Å². The highest BCUT2D eigenvalue weighted by Crippen LogP contribution is 2.10.